The lowest BCUT2D eigenvalue weighted by atomic mass is 10.1. The fraction of sp³-hybridized carbons (Fsp3) is 0.308. The highest BCUT2D eigenvalue weighted by Gasteiger charge is 2.04. The van der Waals surface area contributed by atoms with Gasteiger partial charge in [0.1, 0.15) is 11.6 Å². The Morgan fingerprint density at radius 1 is 1.41 bits per heavy atom. The van der Waals surface area contributed by atoms with Crippen molar-refractivity contribution < 1.29 is 4.74 Å². The van der Waals surface area contributed by atoms with Gasteiger partial charge in [0.15, 0.2) is 0 Å². The van der Waals surface area contributed by atoms with Crippen molar-refractivity contribution in [3.05, 3.63) is 30.5 Å². The Balaban J connectivity index is 2.39. The Kier molecular flexibility index (Phi) is 3.44. The fourth-order valence-corrected chi connectivity index (χ4v) is 1.67. The number of pyridine rings is 1. The van der Waals surface area contributed by atoms with Gasteiger partial charge in [0.05, 0.1) is 7.11 Å². The lowest BCUT2D eigenvalue weighted by molar-refractivity contribution is 0.415. The lowest BCUT2D eigenvalue weighted by Gasteiger charge is -2.11. The predicted molar refractivity (Wildman–Crippen MR) is 70.4 cm³/mol. The highest BCUT2D eigenvalue weighted by molar-refractivity contribution is 5.92. The molecule has 90 valence electrons. The molecule has 17 heavy (non-hydrogen) atoms. The number of anilines is 1. The van der Waals surface area contributed by atoms with E-state index in [0.29, 0.717) is 6.54 Å². The minimum absolute atomic E-state index is 0.0951. The van der Waals surface area contributed by atoms with Crippen molar-refractivity contribution in [2.75, 3.05) is 19.0 Å². The van der Waals surface area contributed by atoms with Crippen molar-refractivity contribution in [2.24, 2.45) is 5.73 Å². The van der Waals surface area contributed by atoms with Gasteiger partial charge in [0, 0.05) is 24.2 Å². The number of fused-ring (bicyclic) bond motifs is 1. The average molecular weight is 231 g/mol. The van der Waals surface area contributed by atoms with Crippen LogP contribution in [0.4, 0.5) is 5.82 Å². The molecule has 0 saturated heterocycles. The third kappa shape index (κ3) is 2.65. The van der Waals surface area contributed by atoms with Crippen molar-refractivity contribution in [3.8, 4) is 5.75 Å². The van der Waals surface area contributed by atoms with Crippen LogP contribution in [-0.4, -0.2) is 24.7 Å². The number of hydrogen-bond acceptors (Lipinski definition) is 4. The van der Waals surface area contributed by atoms with E-state index in [1.54, 1.807) is 13.3 Å². The molecule has 0 aliphatic heterocycles. The summed E-state index contributed by atoms with van der Waals surface area (Å²) in [4.78, 5) is 4.33. The number of hydrogen-bond donors (Lipinski definition) is 2. The monoisotopic (exact) mass is 231 g/mol. The van der Waals surface area contributed by atoms with Crippen LogP contribution in [0.3, 0.4) is 0 Å². The van der Waals surface area contributed by atoms with Gasteiger partial charge in [-0.1, -0.05) is 6.07 Å². The number of rotatable bonds is 4. The molecule has 0 saturated carbocycles. The normalized spacial score (nSPS) is 12.4. The van der Waals surface area contributed by atoms with Crippen LogP contribution >= 0.6 is 0 Å². The molecule has 0 aliphatic carbocycles. The zero-order chi connectivity index (χ0) is 12.3. The van der Waals surface area contributed by atoms with Gasteiger partial charge in [-0.2, -0.15) is 0 Å². The summed E-state index contributed by atoms with van der Waals surface area (Å²) in [5, 5.41) is 5.43. The number of nitrogens with one attached hydrogen (secondary N) is 1. The molecule has 0 bridgehead atoms. The molecule has 0 amide bonds. The van der Waals surface area contributed by atoms with Gasteiger partial charge in [-0.05, 0) is 30.5 Å². The smallest absolute Gasteiger partial charge is 0.134 e. The van der Waals surface area contributed by atoms with Crippen molar-refractivity contribution in [2.45, 2.75) is 13.0 Å². The molecule has 1 heterocycles. The Morgan fingerprint density at radius 3 is 2.94 bits per heavy atom. The summed E-state index contributed by atoms with van der Waals surface area (Å²) in [7, 11) is 1.66. The third-order valence-electron chi connectivity index (χ3n) is 2.56. The Bertz CT molecular complexity index is 511. The minimum Gasteiger partial charge on any atom is -0.497 e. The zero-order valence-electron chi connectivity index (χ0n) is 10.1. The molecule has 3 N–H and O–H groups in total. The lowest BCUT2D eigenvalue weighted by Crippen LogP contribution is -2.25. The van der Waals surface area contributed by atoms with E-state index < -0.39 is 0 Å². The first-order valence-electron chi connectivity index (χ1n) is 5.63. The second-order valence-electron chi connectivity index (χ2n) is 4.10. The van der Waals surface area contributed by atoms with Crippen LogP contribution in [0.5, 0.6) is 5.75 Å². The molecule has 0 fully saturated rings. The zero-order valence-corrected chi connectivity index (χ0v) is 10.1. The summed E-state index contributed by atoms with van der Waals surface area (Å²) in [6, 6.07) is 8.01. The molecule has 1 aromatic carbocycles. The maximum absolute atomic E-state index is 5.73. The van der Waals surface area contributed by atoms with E-state index in [2.05, 4.69) is 10.3 Å². The number of ether oxygens (including phenoxy) is 1. The van der Waals surface area contributed by atoms with Crippen molar-refractivity contribution in [1.29, 1.82) is 0 Å². The van der Waals surface area contributed by atoms with Crippen LogP contribution in [0, 0.1) is 0 Å². The minimum atomic E-state index is 0.0951. The van der Waals surface area contributed by atoms with E-state index in [1.807, 2.05) is 31.2 Å². The molecule has 4 heteroatoms. The van der Waals surface area contributed by atoms with Gasteiger partial charge in [0.25, 0.3) is 0 Å². The van der Waals surface area contributed by atoms with Gasteiger partial charge >= 0.3 is 0 Å². The number of nitrogens with two attached hydrogens (primary N) is 1. The number of aromatic nitrogens is 1. The Hall–Kier alpha value is -1.81. The second kappa shape index (κ2) is 5.01. The number of nitrogens with zero attached hydrogens (tertiary/aromatic N) is 1. The number of methoxy groups -OCH3 is 1. The van der Waals surface area contributed by atoms with E-state index in [9.17, 15) is 0 Å². The first-order valence-corrected chi connectivity index (χ1v) is 5.63. The summed E-state index contributed by atoms with van der Waals surface area (Å²) in [6.07, 6.45) is 1.79. The molecule has 4 nitrogen and oxygen atoms in total. The maximum atomic E-state index is 5.73. The molecule has 1 atom stereocenters. The first-order chi connectivity index (χ1) is 8.20. The van der Waals surface area contributed by atoms with Crippen molar-refractivity contribution in [1.82, 2.24) is 4.98 Å². The predicted octanol–water partition coefficient (Wildman–Crippen LogP) is 2.00. The van der Waals surface area contributed by atoms with E-state index in [-0.39, 0.29) is 6.04 Å². The van der Waals surface area contributed by atoms with Crippen LogP contribution in [0.1, 0.15) is 6.92 Å². The molecule has 1 aromatic heterocycles. The summed E-state index contributed by atoms with van der Waals surface area (Å²) in [6.45, 7) is 2.65. The molecule has 2 rings (SSSR count). The molecule has 0 radical (unpaired) electrons. The highest BCUT2D eigenvalue weighted by Crippen LogP contribution is 2.25. The quantitative estimate of drug-likeness (QED) is 0.845. The summed E-state index contributed by atoms with van der Waals surface area (Å²) >= 11 is 0. The molecule has 0 spiro atoms. The van der Waals surface area contributed by atoms with E-state index in [0.717, 1.165) is 22.3 Å². The fourth-order valence-electron chi connectivity index (χ4n) is 1.67. The topological polar surface area (TPSA) is 60.2 Å². The standard InChI is InChI=1S/C13H17N3O/c1-9(14)8-16-13-12-7-11(17-2)4-3-10(12)5-6-15-13/h3-7,9H,8,14H2,1-2H3,(H,15,16). The SMILES string of the molecule is COc1ccc2ccnc(NCC(C)N)c2c1. The Morgan fingerprint density at radius 2 is 2.24 bits per heavy atom. The van der Waals surface area contributed by atoms with Gasteiger partial charge < -0.3 is 15.8 Å². The van der Waals surface area contributed by atoms with Gasteiger partial charge in [-0.15, -0.1) is 0 Å². The van der Waals surface area contributed by atoms with Crippen LogP contribution in [0.25, 0.3) is 10.8 Å². The molecule has 0 aliphatic rings. The van der Waals surface area contributed by atoms with Crippen LogP contribution in [0.15, 0.2) is 30.5 Å². The van der Waals surface area contributed by atoms with E-state index in [4.69, 9.17) is 10.5 Å². The maximum Gasteiger partial charge on any atom is 0.134 e. The summed E-state index contributed by atoms with van der Waals surface area (Å²) < 4.78 is 5.22. The molecular formula is C13H17N3O. The van der Waals surface area contributed by atoms with Crippen molar-refractivity contribution >= 4 is 16.6 Å². The Labute approximate surface area is 101 Å². The van der Waals surface area contributed by atoms with Crippen LogP contribution in [0.2, 0.25) is 0 Å². The molecule has 1 unspecified atom stereocenters. The van der Waals surface area contributed by atoms with Crippen molar-refractivity contribution in [3.63, 3.8) is 0 Å². The third-order valence-corrected chi connectivity index (χ3v) is 2.56. The van der Waals surface area contributed by atoms with Crippen LogP contribution in [-0.2, 0) is 0 Å². The molecular weight excluding hydrogens is 214 g/mol. The average Bonchev–Trinajstić information content (AvgIpc) is 2.35. The highest BCUT2D eigenvalue weighted by atomic mass is 16.5. The van der Waals surface area contributed by atoms with Gasteiger partial charge in [-0.25, -0.2) is 4.98 Å². The van der Waals surface area contributed by atoms with Crippen LogP contribution < -0.4 is 15.8 Å². The van der Waals surface area contributed by atoms with E-state index >= 15 is 0 Å². The van der Waals surface area contributed by atoms with E-state index in [1.165, 1.54) is 0 Å². The summed E-state index contributed by atoms with van der Waals surface area (Å²) in [5.41, 5.74) is 5.73. The van der Waals surface area contributed by atoms with Gasteiger partial charge in [-0.3, -0.25) is 0 Å². The molecule has 2 aromatic rings. The second-order valence-corrected chi connectivity index (χ2v) is 4.10. The number of benzene rings is 1. The largest absolute Gasteiger partial charge is 0.497 e. The summed E-state index contributed by atoms with van der Waals surface area (Å²) in [5.74, 6) is 1.67. The van der Waals surface area contributed by atoms with Gasteiger partial charge in [0.2, 0.25) is 0 Å². The first kappa shape index (κ1) is 11.7.